The molecule has 0 radical (unpaired) electrons. The van der Waals surface area contributed by atoms with Crippen molar-refractivity contribution in [3.63, 3.8) is 0 Å². The first kappa shape index (κ1) is 9.69. The fourth-order valence-corrected chi connectivity index (χ4v) is 2.14. The number of piperidine rings is 1. The highest BCUT2D eigenvalue weighted by Gasteiger charge is 2.16. The van der Waals surface area contributed by atoms with Gasteiger partial charge in [0, 0.05) is 6.04 Å². The van der Waals surface area contributed by atoms with Gasteiger partial charge >= 0.3 is 0 Å². The summed E-state index contributed by atoms with van der Waals surface area (Å²) < 4.78 is 0. The van der Waals surface area contributed by atoms with Crippen LogP contribution < -0.4 is 5.32 Å². The molecule has 14 heavy (non-hydrogen) atoms. The molecule has 76 valence electrons. The van der Waals surface area contributed by atoms with E-state index in [0.717, 1.165) is 12.1 Å². The molecule has 0 bridgehead atoms. The molecule has 2 heteroatoms. The molecule has 0 unspecified atom stereocenters. The van der Waals surface area contributed by atoms with E-state index >= 15 is 0 Å². The van der Waals surface area contributed by atoms with Gasteiger partial charge < -0.3 is 10.4 Å². The van der Waals surface area contributed by atoms with Crippen molar-refractivity contribution in [2.75, 3.05) is 6.54 Å². The van der Waals surface area contributed by atoms with Crippen molar-refractivity contribution in [3.8, 4) is 0 Å². The highest BCUT2D eigenvalue weighted by Crippen LogP contribution is 2.25. The molecular formula is C12H17NO. The van der Waals surface area contributed by atoms with Gasteiger partial charge in [0.05, 0.1) is 6.61 Å². The number of hydrogen-bond donors (Lipinski definition) is 2. The van der Waals surface area contributed by atoms with Gasteiger partial charge in [0.1, 0.15) is 0 Å². The molecule has 0 aromatic heterocycles. The number of aliphatic hydroxyl groups is 1. The summed E-state index contributed by atoms with van der Waals surface area (Å²) in [5.74, 6) is 0. The minimum atomic E-state index is 0.147. The van der Waals surface area contributed by atoms with Crippen molar-refractivity contribution < 1.29 is 5.11 Å². The van der Waals surface area contributed by atoms with E-state index in [0.29, 0.717) is 6.04 Å². The zero-order valence-electron chi connectivity index (χ0n) is 8.37. The molecule has 1 aromatic rings. The molecule has 1 aliphatic rings. The molecule has 1 aromatic carbocycles. The smallest absolute Gasteiger partial charge is 0.0685 e. The number of hydrogen-bond acceptors (Lipinski definition) is 2. The Morgan fingerprint density at radius 1 is 1.29 bits per heavy atom. The van der Waals surface area contributed by atoms with Crippen LogP contribution in [0.15, 0.2) is 24.3 Å². The van der Waals surface area contributed by atoms with Gasteiger partial charge in [-0.3, -0.25) is 0 Å². The van der Waals surface area contributed by atoms with Gasteiger partial charge in [0.15, 0.2) is 0 Å². The first-order chi connectivity index (χ1) is 6.92. The third-order valence-electron chi connectivity index (χ3n) is 2.91. The van der Waals surface area contributed by atoms with Crippen molar-refractivity contribution in [2.45, 2.75) is 31.9 Å². The Balaban J connectivity index is 2.20. The lowest BCUT2D eigenvalue weighted by Gasteiger charge is -2.25. The fourth-order valence-electron chi connectivity index (χ4n) is 2.14. The minimum absolute atomic E-state index is 0.147. The normalized spacial score (nSPS) is 22.2. The summed E-state index contributed by atoms with van der Waals surface area (Å²) in [6, 6.07) is 8.61. The van der Waals surface area contributed by atoms with E-state index in [2.05, 4.69) is 11.4 Å². The molecule has 0 saturated carbocycles. The SMILES string of the molecule is OCc1ccccc1[C@H]1CCCCN1. The Morgan fingerprint density at radius 3 is 2.86 bits per heavy atom. The van der Waals surface area contributed by atoms with Crippen LogP contribution in [-0.2, 0) is 6.61 Å². The number of aliphatic hydroxyl groups excluding tert-OH is 1. The third kappa shape index (κ3) is 1.97. The van der Waals surface area contributed by atoms with Crippen molar-refractivity contribution >= 4 is 0 Å². The molecule has 1 saturated heterocycles. The zero-order chi connectivity index (χ0) is 9.80. The molecule has 0 spiro atoms. The predicted molar refractivity (Wildman–Crippen MR) is 57.0 cm³/mol. The molecule has 0 amide bonds. The van der Waals surface area contributed by atoms with Gasteiger partial charge in [-0.05, 0) is 30.5 Å². The Kier molecular flexibility index (Phi) is 3.17. The van der Waals surface area contributed by atoms with Crippen LogP contribution in [0.4, 0.5) is 0 Å². The van der Waals surface area contributed by atoms with E-state index in [4.69, 9.17) is 0 Å². The second-order valence-electron chi connectivity index (χ2n) is 3.86. The molecule has 0 aliphatic carbocycles. The average Bonchev–Trinajstić information content (AvgIpc) is 2.30. The van der Waals surface area contributed by atoms with Gasteiger partial charge in [0.25, 0.3) is 0 Å². The fraction of sp³-hybridized carbons (Fsp3) is 0.500. The number of nitrogens with one attached hydrogen (secondary N) is 1. The summed E-state index contributed by atoms with van der Waals surface area (Å²) >= 11 is 0. The van der Waals surface area contributed by atoms with Crippen molar-refractivity contribution in [3.05, 3.63) is 35.4 Å². The Bertz CT molecular complexity index is 292. The van der Waals surface area contributed by atoms with Crippen LogP contribution in [0.5, 0.6) is 0 Å². The van der Waals surface area contributed by atoms with Crippen molar-refractivity contribution in [1.29, 1.82) is 0 Å². The van der Waals surface area contributed by atoms with Gasteiger partial charge in [-0.1, -0.05) is 30.7 Å². The van der Waals surface area contributed by atoms with Crippen LogP contribution in [0, 0.1) is 0 Å². The maximum Gasteiger partial charge on any atom is 0.0685 e. The Hall–Kier alpha value is -0.860. The standard InChI is InChI=1S/C12H17NO/c14-9-10-5-1-2-6-11(10)12-7-3-4-8-13-12/h1-2,5-6,12-14H,3-4,7-9H2/t12-/m1/s1. The van der Waals surface area contributed by atoms with Gasteiger partial charge in [-0.25, -0.2) is 0 Å². The van der Waals surface area contributed by atoms with E-state index in [1.807, 2.05) is 18.2 Å². The Morgan fingerprint density at radius 2 is 2.14 bits per heavy atom. The summed E-state index contributed by atoms with van der Waals surface area (Å²) in [6.45, 7) is 1.25. The van der Waals surface area contributed by atoms with Crippen molar-refractivity contribution in [1.82, 2.24) is 5.32 Å². The first-order valence-electron chi connectivity index (χ1n) is 5.34. The largest absolute Gasteiger partial charge is 0.392 e. The minimum Gasteiger partial charge on any atom is -0.392 e. The van der Waals surface area contributed by atoms with Gasteiger partial charge in [-0.15, -0.1) is 0 Å². The van der Waals surface area contributed by atoms with E-state index in [9.17, 15) is 5.11 Å². The predicted octanol–water partition coefficient (Wildman–Crippen LogP) is 1.99. The molecular weight excluding hydrogens is 174 g/mol. The monoisotopic (exact) mass is 191 g/mol. The molecule has 1 heterocycles. The highest BCUT2D eigenvalue weighted by atomic mass is 16.3. The quantitative estimate of drug-likeness (QED) is 0.749. The van der Waals surface area contributed by atoms with Crippen LogP contribution >= 0.6 is 0 Å². The zero-order valence-corrected chi connectivity index (χ0v) is 8.37. The highest BCUT2D eigenvalue weighted by molar-refractivity contribution is 5.29. The lowest BCUT2D eigenvalue weighted by atomic mass is 9.94. The first-order valence-corrected chi connectivity index (χ1v) is 5.34. The van der Waals surface area contributed by atoms with E-state index in [-0.39, 0.29) is 6.61 Å². The van der Waals surface area contributed by atoms with Crippen LogP contribution in [0.1, 0.15) is 36.4 Å². The second-order valence-corrected chi connectivity index (χ2v) is 3.86. The van der Waals surface area contributed by atoms with Crippen LogP contribution in [-0.4, -0.2) is 11.7 Å². The summed E-state index contributed by atoms with van der Waals surface area (Å²) in [5, 5.41) is 12.7. The maximum absolute atomic E-state index is 9.22. The molecule has 1 aliphatic heterocycles. The molecule has 2 rings (SSSR count). The maximum atomic E-state index is 9.22. The molecule has 2 nitrogen and oxygen atoms in total. The van der Waals surface area contributed by atoms with E-state index < -0.39 is 0 Å². The number of rotatable bonds is 2. The van der Waals surface area contributed by atoms with Crippen LogP contribution in [0.2, 0.25) is 0 Å². The molecule has 1 fully saturated rings. The van der Waals surface area contributed by atoms with Crippen LogP contribution in [0.3, 0.4) is 0 Å². The average molecular weight is 191 g/mol. The van der Waals surface area contributed by atoms with Crippen LogP contribution in [0.25, 0.3) is 0 Å². The third-order valence-corrected chi connectivity index (χ3v) is 2.91. The topological polar surface area (TPSA) is 32.3 Å². The second kappa shape index (κ2) is 4.58. The van der Waals surface area contributed by atoms with E-state index in [1.165, 1.54) is 24.8 Å². The summed E-state index contributed by atoms with van der Waals surface area (Å²) in [4.78, 5) is 0. The van der Waals surface area contributed by atoms with Gasteiger partial charge in [-0.2, -0.15) is 0 Å². The summed E-state index contributed by atoms with van der Waals surface area (Å²) in [7, 11) is 0. The molecule has 1 atom stereocenters. The van der Waals surface area contributed by atoms with Gasteiger partial charge in [0.2, 0.25) is 0 Å². The van der Waals surface area contributed by atoms with E-state index in [1.54, 1.807) is 0 Å². The lowest BCUT2D eigenvalue weighted by molar-refractivity contribution is 0.277. The lowest BCUT2D eigenvalue weighted by Crippen LogP contribution is -2.27. The van der Waals surface area contributed by atoms with Crippen molar-refractivity contribution in [2.24, 2.45) is 0 Å². The summed E-state index contributed by atoms with van der Waals surface area (Å²) in [6.07, 6.45) is 3.76. The Labute approximate surface area is 85.0 Å². The molecule has 2 N–H and O–H groups in total. The summed E-state index contributed by atoms with van der Waals surface area (Å²) in [5.41, 5.74) is 2.33. The number of benzene rings is 1.